The Morgan fingerprint density at radius 3 is 2.60 bits per heavy atom. The zero-order chi connectivity index (χ0) is 14.5. The summed E-state index contributed by atoms with van der Waals surface area (Å²) in [5.41, 5.74) is 1.13. The maximum atomic E-state index is 13.0. The molecule has 0 bridgehead atoms. The third kappa shape index (κ3) is 3.15. The van der Waals surface area contributed by atoms with Crippen LogP contribution in [0.1, 0.15) is 21.5 Å². The molecule has 0 N–H and O–H groups in total. The lowest BCUT2D eigenvalue weighted by Gasteiger charge is -1.97. The summed E-state index contributed by atoms with van der Waals surface area (Å²) in [7, 11) is 0. The number of nitrogens with zero attached hydrogens (tertiary/aromatic N) is 1. The first kappa shape index (κ1) is 13.6. The number of carbonyl (C=O) groups is 1. The Morgan fingerprint density at radius 1 is 1.10 bits per heavy atom. The van der Waals surface area contributed by atoms with Crippen molar-refractivity contribution in [1.82, 2.24) is 0 Å². The van der Waals surface area contributed by atoms with Crippen LogP contribution in [0.3, 0.4) is 0 Å². The van der Waals surface area contributed by atoms with Crippen LogP contribution < -0.4 is 0 Å². The molecule has 0 saturated carbocycles. The molecule has 0 radical (unpaired) electrons. The molecule has 0 aliphatic rings. The molecule has 0 aliphatic heterocycles. The van der Waals surface area contributed by atoms with E-state index in [1.807, 2.05) is 6.07 Å². The predicted molar refractivity (Wildman–Crippen MR) is 70.9 cm³/mol. The topological polar surface area (TPSA) is 40.9 Å². The van der Waals surface area contributed by atoms with Crippen molar-refractivity contribution in [3.63, 3.8) is 0 Å². The molecule has 0 saturated heterocycles. The zero-order valence-electron chi connectivity index (χ0n) is 10.3. The van der Waals surface area contributed by atoms with Gasteiger partial charge in [0.25, 0.3) is 0 Å². The molecule has 2 aromatic carbocycles. The van der Waals surface area contributed by atoms with Crippen LogP contribution in [0, 0.1) is 23.0 Å². The van der Waals surface area contributed by atoms with Crippen LogP contribution in [-0.4, -0.2) is 5.78 Å². The smallest absolute Gasteiger partial charge is 0.185 e. The normalized spacial score (nSPS) is 10.4. The minimum atomic E-state index is -0.967. The standard InChI is InChI=1S/C16H9F2NO/c17-14-6-4-11(9-15(14)18)5-7-16(20)13-3-1-2-12(8-13)10-19/h1-9H/b7-5+. The van der Waals surface area contributed by atoms with E-state index in [1.165, 1.54) is 24.3 Å². The highest BCUT2D eigenvalue weighted by molar-refractivity contribution is 6.06. The van der Waals surface area contributed by atoms with Gasteiger partial charge in [-0.3, -0.25) is 4.79 Å². The van der Waals surface area contributed by atoms with E-state index in [9.17, 15) is 13.6 Å². The maximum Gasteiger partial charge on any atom is 0.185 e. The summed E-state index contributed by atoms with van der Waals surface area (Å²) in [6.45, 7) is 0. The summed E-state index contributed by atoms with van der Waals surface area (Å²) in [6, 6.07) is 11.6. The molecular formula is C16H9F2NO. The Hall–Kier alpha value is -2.80. The molecule has 20 heavy (non-hydrogen) atoms. The van der Waals surface area contributed by atoms with Gasteiger partial charge in [-0.2, -0.15) is 5.26 Å². The van der Waals surface area contributed by atoms with Gasteiger partial charge in [0, 0.05) is 5.56 Å². The molecule has 0 atom stereocenters. The molecule has 2 aromatic rings. The lowest BCUT2D eigenvalue weighted by Crippen LogP contribution is -1.94. The van der Waals surface area contributed by atoms with Gasteiger partial charge in [-0.1, -0.05) is 24.3 Å². The Labute approximate surface area is 114 Å². The third-order valence-corrected chi connectivity index (χ3v) is 2.65. The van der Waals surface area contributed by atoms with Crippen LogP contribution in [0.2, 0.25) is 0 Å². The molecule has 2 nitrogen and oxygen atoms in total. The van der Waals surface area contributed by atoms with Gasteiger partial charge in [-0.05, 0) is 35.9 Å². The second-order valence-electron chi connectivity index (χ2n) is 4.06. The highest BCUT2D eigenvalue weighted by Gasteiger charge is 2.04. The summed E-state index contributed by atoms with van der Waals surface area (Å²) in [6.07, 6.45) is 2.65. The van der Waals surface area contributed by atoms with Gasteiger partial charge < -0.3 is 0 Å². The van der Waals surface area contributed by atoms with Crippen LogP contribution in [0.5, 0.6) is 0 Å². The van der Waals surface area contributed by atoms with Gasteiger partial charge in [0.2, 0.25) is 0 Å². The molecule has 0 spiro atoms. The van der Waals surface area contributed by atoms with E-state index < -0.39 is 11.6 Å². The average Bonchev–Trinajstić information content (AvgIpc) is 2.48. The Morgan fingerprint density at radius 2 is 1.90 bits per heavy atom. The average molecular weight is 269 g/mol. The summed E-state index contributed by atoms with van der Waals surface area (Å²) in [5.74, 6) is -2.21. The van der Waals surface area contributed by atoms with Crippen molar-refractivity contribution in [3.05, 3.63) is 76.9 Å². The number of rotatable bonds is 3. The molecule has 0 aromatic heterocycles. The highest BCUT2D eigenvalue weighted by Crippen LogP contribution is 2.11. The quantitative estimate of drug-likeness (QED) is 0.629. The summed E-state index contributed by atoms with van der Waals surface area (Å²) in [4.78, 5) is 11.9. The minimum absolute atomic E-state index is 0.313. The fourth-order valence-corrected chi connectivity index (χ4v) is 1.63. The number of carbonyl (C=O) groups excluding carboxylic acids is 1. The number of allylic oxidation sites excluding steroid dienone is 1. The Bertz CT molecular complexity index is 729. The van der Waals surface area contributed by atoms with E-state index in [1.54, 1.807) is 18.2 Å². The van der Waals surface area contributed by atoms with Gasteiger partial charge in [0.15, 0.2) is 17.4 Å². The molecule has 0 fully saturated rings. The number of nitriles is 1. The van der Waals surface area contributed by atoms with Gasteiger partial charge in [0.05, 0.1) is 11.6 Å². The second-order valence-corrected chi connectivity index (χ2v) is 4.06. The summed E-state index contributed by atoms with van der Waals surface area (Å²) < 4.78 is 25.7. The summed E-state index contributed by atoms with van der Waals surface area (Å²) >= 11 is 0. The van der Waals surface area contributed by atoms with Crippen LogP contribution in [0.15, 0.2) is 48.5 Å². The van der Waals surface area contributed by atoms with E-state index >= 15 is 0 Å². The molecule has 0 heterocycles. The number of hydrogen-bond donors (Lipinski definition) is 0. The van der Waals surface area contributed by atoms with E-state index in [4.69, 9.17) is 5.26 Å². The zero-order valence-corrected chi connectivity index (χ0v) is 10.3. The first-order valence-corrected chi connectivity index (χ1v) is 5.78. The fraction of sp³-hybridized carbons (Fsp3) is 0. The van der Waals surface area contributed by atoms with E-state index in [2.05, 4.69) is 0 Å². The lowest BCUT2D eigenvalue weighted by atomic mass is 10.1. The van der Waals surface area contributed by atoms with E-state index in [0.29, 0.717) is 16.7 Å². The number of ketones is 1. The van der Waals surface area contributed by atoms with Crippen molar-refractivity contribution in [3.8, 4) is 6.07 Å². The second kappa shape index (κ2) is 5.89. The monoisotopic (exact) mass is 269 g/mol. The van der Waals surface area contributed by atoms with E-state index in [-0.39, 0.29) is 5.78 Å². The number of halogens is 2. The number of benzene rings is 2. The lowest BCUT2D eigenvalue weighted by molar-refractivity contribution is 0.104. The van der Waals surface area contributed by atoms with Crippen LogP contribution in [-0.2, 0) is 0 Å². The Balaban J connectivity index is 2.20. The highest BCUT2D eigenvalue weighted by atomic mass is 19.2. The molecule has 0 amide bonds. The first-order chi connectivity index (χ1) is 9.60. The Kier molecular flexibility index (Phi) is 4.02. The molecule has 0 unspecified atom stereocenters. The van der Waals surface area contributed by atoms with Crippen molar-refractivity contribution >= 4 is 11.9 Å². The summed E-state index contributed by atoms with van der Waals surface area (Å²) in [5, 5.41) is 8.75. The maximum absolute atomic E-state index is 13.0. The SMILES string of the molecule is N#Cc1cccc(C(=O)/C=C/c2ccc(F)c(F)c2)c1. The van der Waals surface area contributed by atoms with Gasteiger partial charge in [-0.15, -0.1) is 0 Å². The van der Waals surface area contributed by atoms with E-state index in [0.717, 1.165) is 12.1 Å². The van der Waals surface area contributed by atoms with Gasteiger partial charge in [-0.25, -0.2) is 8.78 Å². The molecule has 4 heteroatoms. The van der Waals surface area contributed by atoms with Crippen LogP contribution in [0.4, 0.5) is 8.78 Å². The van der Waals surface area contributed by atoms with Crippen molar-refractivity contribution in [1.29, 1.82) is 5.26 Å². The van der Waals surface area contributed by atoms with Crippen molar-refractivity contribution in [2.45, 2.75) is 0 Å². The molecule has 0 aliphatic carbocycles. The predicted octanol–water partition coefficient (Wildman–Crippen LogP) is 3.73. The largest absolute Gasteiger partial charge is 0.289 e. The van der Waals surface area contributed by atoms with Gasteiger partial charge >= 0.3 is 0 Å². The first-order valence-electron chi connectivity index (χ1n) is 5.78. The molecule has 98 valence electrons. The van der Waals surface area contributed by atoms with Crippen molar-refractivity contribution in [2.24, 2.45) is 0 Å². The van der Waals surface area contributed by atoms with Gasteiger partial charge in [0.1, 0.15) is 0 Å². The third-order valence-electron chi connectivity index (χ3n) is 2.65. The van der Waals surface area contributed by atoms with Crippen molar-refractivity contribution in [2.75, 3.05) is 0 Å². The number of hydrogen-bond acceptors (Lipinski definition) is 2. The van der Waals surface area contributed by atoms with Crippen LogP contribution >= 0.6 is 0 Å². The minimum Gasteiger partial charge on any atom is -0.289 e. The molecular weight excluding hydrogens is 260 g/mol. The van der Waals surface area contributed by atoms with Crippen LogP contribution in [0.25, 0.3) is 6.08 Å². The molecule has 2 rings (SSSR count). The van der Waals surface area contributed by atoms with Crippen molar-refractivity contribution < 1.29 is 13.6 Å². The fourth-order valence-electron chi connectivity index (χ4n) is 1.63.